The lowest BCUT2D eigenvalue weighted by molar-refractivity contribution is 0.275. The van der Waals surface area contributed by atoms with E-state index in [9.17, 15) is 0 Å². The smallest absolute Gasteiger partial charge is 0.219 e. The predicted octanol–water partition coefficient (Wildman–Crippen LogP) is 1.72. The van der Waals surface area contributed by atoms with E-state index in [1.807, 2.05) is 20.9 Å². The van der Waals surface area contributed by atoms with Gasteiger partial charge < -0.3 is 9.84 Å². The van der Waals surface area contributed by atoms with Gasteiger partial charge in [0.15, 0.2) is 5.75 Å². The molecule has 0 aromatic carbocycles. The molecule has 0 radical (unpaired) electrons. The minimum absolute atomic E-state index is 0.0950. The number of hydrogen-bond donors (Lipinski definition) is 1. The molecular formula is C12H15N3O2. The molecular weight excluding hydrogens is 218 g/mol. The molecule has 0 atom stereocenters. The number of aromatic nitrogens is 3. The van der Waals surface area contributed by atoms with E-state index in [4.69, 9.17) is 9.84 Å². The van der Waals surface area contributed by atoms with Crippen LogP contribution in [0.25, 0.3) is 0 Å². The Morgan fingerprint density at radius 1 is 1.35 bits per heavy atom. The molecule has 5 heteroatoms. The SMILES string of the molecule is Cc1nn(C)c(C)c1Oc1cccc(CO)n1. The highest BCUT2D eigenvalue weighted by atomic mass is 16.5. The number of aryl methyl sites for hydroxylation is 2. The van der Waals surface area contributed by atoms with E-state index < -0.39 is 0 Å². The fourth-order valence-electron chi connectivity index (χ4n) is 1.61. The van der Waals surface area contributed by atoms with E-state index in [0.717, 1.165) is 17.1 Å². The molecule has 0 unspecified atom stereocenters. The molecule has 90 valence electrons. The minimum atomic E-state index is -0.0950. The zero-order valence-corrected chi connectivity index (χ0v) is 10.1. The molecule has 2 rings (SSSR count). The number of ether oxygens (including phenoxy) is 1. The first-order chi connectivity index (χ1) is 8.11. The van der Waals surface area contributed by atoms with Gasteiger partial charge in [0.25, 0.3) is 0 Å². The van der Waals surface area contributed by atoms with Gasteiger partial charge in [0.05, 0.1) is 18.0 Å². The Morgan fingerprint density at radius 3 is 2.71 bits per heavy atom. The van der Waals surface area contributed by atoms with Crippen LogP contribution in [0, 0.1) is 13.8 Å². The summed E-state index contributed by atoms with van der Waals surface area (Å²) >= 11 is 0. The van der Waals surface area contributed by atoms with Gasteiger partial charge in [0.2, 0.25) is 5.88 Å². The lowest BCUT2D eigenvalue weighted by atomic mass is 10.3. The summed E-state index contributed by atoms with van der Waals surface area (Å²) in [5.74, 6) is 1.19. The predicted molar refractivity (Wildman–Crippen MR) is 62.9 cm³/mol. The summed E-state index contributed by atoms with van der Waals surface area (Å²) in [7, 11) is 1.87. The lowest BCUT2D eigenvalue weighted by Crippen LogP contribution is -1.95. The van der Waals surface area contributed by atoms with Crippen LogP contribution in [-0.4, -0.2) is 19.9 Å². The van der Waals surface area contributed by atoms with Crippen LogP contribution < -0.4 is 4.74 Å². The number of pyridine rings is 1. The Kier molecular flexibility index (Phi) is 3.10. The standard InChI is InChI=1S/C12H15N3O2/c1-8-12(9(2)15(3)14-8)17-11-6-4-5-10(7-16)13-11/h4-6,16H,7H2,1-3H3. The highest BCUT2D eigenvalue weighted by molar-refractivity contribution is 5.35. The van der Waals surface area contributed by atoms with E-state index >= 15 is 0 Å². The molecule has 0 fully saturated rings. The van der Waals surface area contributed by atoms with Gasteiger partial charge in [0, 0.05) is 13.1 Å². The van der Waals surface area contributed by atoms with E-state index in [2.05, 4.69) is 10.1 Å². The topological polar surface area (TPSA) is 60.2 Å². The number of aliphatic hydroxyl groups excluding tert-OH is 1. The van der Waals surface area contributed by atoms with Gasteiger partial charge in [-0.15, -0.1) is 0 Å². The minimum Gasteiger partial charge on any atom is -0.435 e. The van der Waals surface area contributed by atoms with Crippen LogP contribution in [-0.2, 0) is 13.7 Å². The molecule has 0 amide bonds. The van der Waals surface area contributed by atoms with E-state index in [1.165, 1.54) is 0 Å². The van der Waals surface area contributed by atoms with Gasteiger partial charge in [-0.3, -0.25) is 4.68 Å². The maximum absolute atomic E-state index is 9.01. The van der Waals surface area contributed by atoms with E-state index in [0.29, 0.717) is 11.6 Å². The first-order valence-corrected chi connectivity index (χ1v) is 5.36. The molecule has 0 aliphatic carbocycles. The summed E-state index contributed by atoms with van der Waals surface area (Å²) < 4.78 is 7.46. The average Bonchev–Trinajstić information content (AvgIpc) is 2.56. The van der Waals surface area contributed by atoms with Gasteiger partial charge in [0.1, 0.15) is 5.69 Å². The summed E-state index contributed by atoms with van der Waals surface area (Å²) in [6, 6.07) is 5.30. The third-order valence-corrected chi connectivity index (χ3v) is 2.59. The van der Waals surface area contributed by atoms with Crippen molar-refractivity contribution in [3.8, 4) is 11.6 Å². The molecule has 0 saturated carbocycles. The van der Waals surface area contributed by atoms with E-state index in [1.54, 1.807) is 22.9 Å². The van der Waals surface area contributed by atoms with Crippen LogP contribution in [0.2, 0.25) is 0 Å². The Labute approximate surface area is 99.7 Å². The van der Waals surface area contributed by atoms with Crippen molar-refractivity contribution in [3.05, 3.63) is 35.3 Å². The van der Waals surface area contributed by atoms with Gasteiger partial charge in [-0.05, 0) is 19.9 Å². The first kappa shape index (κ1) is 11.6. The first-order valence-electron chi connectivity index (χ1n) is 5.36. The fraction of sp³-hybridized carbons (Fsp3) is 0.333. The molecule has 2 aromatic heterocycles. The average molecular weight is 233 g/mol. The third-order valence-electron chi connectivity index (χ3n) is 2.59. The summed E-state index contributed by atoms with van der Waals surface area (Å²) in [4.78, 5) is 4.17. The highest BCUT2D eigenvalue weighted by Crippen LogP contribution is 2.26. The van der Waals surface area contributed by atoms with E-state index in [-0.39, 0.29) is 6.61 Å². The molecule has 0 aliphatic rings. The van der Waals surface area contributed by atoms with Gasteiger partial charge in [-0.1, -0.05) is 6.07 Å². The molecule has 2 aromatic rings. The molecule has 0 bridgehead atoms. The van der Waals surface area contributed by atoms with Crippen LogP contribution >= 0.6 is 0 Å². The second kappa shape index (κ2) is 4.55. The molecule has 1 N–H and O–H groups in total. The number of rotatable bonds is 3. The maximum Gasteiger partial charge on any atom is 0.219 e. The second-order valence-corrected chi connectivity index (χ2v) is 3.85. The van der Waals surface area contributed by atoms with Crippen molar-refractivity contribution < 1.29 is 9.84 Å². The van der Waals surface area contributed by atoms with Crippen LogP contribution in [0.3, 0.4) is 0 Å². The summed E-state index contributed by atoms with van der Waals surface area (Å²) in [5.41, 5.74) is 2.35. The Morgan fingerprint density at radius 2 is 2.12 bits per heavy atom. The lowest BCUT2D eigenvalue weighted by Gasteiger charge is -2.05. The normalized spacial score (nSPS) is 10.6. The summed E-state index contributed by atoms with van der Waals surface area (Å²) in [6.45, 7) is 3.73. The van der Waals surface area contributed by atoms with Gasteiger partial charge in [-0.2, -0.15) is 5.10 Å². The monoisotopic (exact) mass is 233 g/mol. The Balaban J connectivity index is 2.31. The quantitative estimate of drug-likeness (QED) is 0.876. The maximum atomic E-state index is 9.01. The van der Waals surface area contributed by atoms with Gasteiger partial charge in [-0.25, -0.2) is 4.98 Å². The Bertz CT molecular complexity index is 535. The largest absolute Gasteiger partial charge is 0.435 e. The fourth-order valence-corrected chi connectivity index (χ4v) is 1.61. The van der Waals surface area contributed by atoms with Crippen molar-refractivity contribution in [1.82, 2.24) is 14.8 Å². The zero-order valence-electron chi connectivity index (χ0n) is 10.1. The zero-order chi connectivity index (χ0) is 12.4. The number of aliphatic hydroxyl groups is 1. The highest BCUT2D eigenvalue weighted by Gasteiger charge is 2.12. The van der Waals surface area contributed by atoms with Crippen molar-refractivity contribution in [1.29, 1.82) is 0 Å². The van der Waals surface area contributed by atoms with Crippen molar-refractivity contribution in [2.75, 3.05) is 0 Å². The van der Waals surface area contributed by atoms with Crippen molar-refractivity contribution in [3.63, 3.8) is 0 Å². The van der Waals surface area contributed by atoms with Crippen LogP contribution in [0.5, 0.6) is 11.6 Å². The van der Waals surface area contributed by atoms with Crippen molar-refractivity contribution >= 4 is 0 Å². The second-order valence-electron chi connectivity index (χ2n) is 3.85. The molecule has 0 aliphatic heterocycles. The molecule has 5 nitrogen and oxygen atoms in total. The molecule has 2 heterocycles. The summed E-state index contributed by atoms with van der Waals surface area (Å²) in [6.07, 6.45) is 0. The number of nitrogens with zero attached hydrogens (tertiary/aromatic N) is 3. The summed E-state index contributed by atoms with van der Waals surface area (Å²) in [5, 5.41) is 13.3. The Hall–Kier alpha value is -1.88. The molecule has 0 saturated heterocycles. The van der Waals surface area contributed by atoms with Gasteiger partial charge >= 0.3 is 0 Å². The van der Waals surface area contributed by atoms with Crippen LogP contribution in [0.15, 0.2) is 18.2 Å². The number of hydrogen-bond acceptors (Lipinski definition) is 4. The molecule has 0 spiro atoms. The molecule has 17 heavy (non-hydrogen) atoms. The third kappa shape index (κ3) is 2.29. The van der Waals surface area contributed by atoms with Crippen molar-refractivity contribution in [2.45, 2.75) is 20.5 Å². The van der Waals surface area contributed by atoms with Crippen molar-refractivity contribution in [2.24, 2.45) is 7.05 Å². The van der Waals surface area contributed by atoms with Crippen LogP contribution in [0.4, 0.5) is 0 Å². The van der Waals surface area contributed by atoms with Crippen LogP contribution in [0.1, 0.15) is 17.1 Å².